The van der Waals surface area contributed by atoms with Gasteiger partial charge in [-0.3, -0.25) is 9.59 Å². The third kappa shape index (κ3) is 5.15. The fraction of sp³-hybridized carbons (Fsp3) is 0.556. The van der Waals surface area contributed by atoms with Gasteiger partial charge in [0.1, 0.15) is 0 Å². The van der Waals surface area contributed by atoms with Crippen molar-refractivity contribution in [2.45, 2.75) is 38.6 Å². The lowest BCUT2D eigenvalue weighted by atomic mass is 10.0. The quantitative estimate of drug-likeness (QED) is 0.828. The van der Waals surface area contributed by atoms with Gasteiger partial charge in [-0.15, -0.1) is 0 Å². The van der Waals surface area contributed by atoms with Crippen molar-refractivity contribution in [1.82, 2.24) is 10.2 Å². The van der Waals surface area contributed by atoms with Crippen LogP contribution in [0, 0.1) is 0 Å². The Morgan fingerprint density at radius 1 is 1.21 bits per heavy atom. The number of hydrogen-bond acceptors (Lipinski definition) is 4. The molecule has 1 heterocycles. The smallest absolute Gasteiger partial charge is 0.258 e. The standard InChI is InChI=1S/C18H26N2O4/c1-3-6-18(22)20-11-9-14(10-12-20)19-17(21)13-24-16-8-5-4-7-15(16)23-2/h4-5,7-8,14H,3,6,9-13H2,1-2H3,(H,19,21). The van der Waals surface area contributed by atoms with Crippen molar-refractivity contribution in [3.63, 3.8) is 0 Å². The molecule has 6 heteroatoms. The highest BCUT2D eigenvalue weighted by molar-refractivity contribution is 5.78. The molecule has 0 unspecified atom stereocenters. The van der Waals surface area contributed by atoms with Crippen LogP contribution in [0.2, 0.25) is 0 Å². The van der Waals surface area contributed by atoms with E-state index in [0.717, 1.165) is 19.3 Å². The first kappa shape index (κ1) is 18.1. The van der Waals surface area contributed by atoms with Crippen LogP contribution in [-0.2, 0) is 9.59 Å². The minimum atomic E-state index is -0.153. The minimum absolute atomic E-state index is 0.0463. The fourth-order valence-corrected chi connectivity index (χ4v) is 2.80. The molecule has 1 aromatic carbocycles. The van der Waals surface area contributed by atoms with E-state index in [2.05, 4.69) is 5.32 Å². The molecular formula is C18H26N2O4. The lowest BCUT2D eigenvalue weighted by Crippen LogP contribution is -2.47. The number of nitrogens with zero attached hydrogens (tertiary/aromatic N) is 1. The van der Waals surface area contributed by atoms with Gasteiger partial charge in [-0.25, -0.2) is 0 Å². The number of nitrogens with one attached hydrogen (secondary N) is 1. The van der Waals surface area contributed by atoms with Gasteiger partial charge in [-0.2, -0.15) is 0 Å². The summed E-state index contributed by atoms with van der Waals surface area (Å²) in [4.78, 5) is 25.8. The molecular weight excluding hydrogens is 308 g/mol. The summed E-state index contributed by atoms with van der Waals surface area (Å²) in [6.07, 6.45) is 3.05. The topological polar surface area (TPSA) is 67.9 Å². The number of ether oxygens (including phenoxy) is 2. The molecule has 1 aliphatic rings. The number of likely N-dealkylation sites (tertiary alicyclic amines) is 1. The van der Waals surface area contributed by atoms with Crippen molar-refractivity contribution >= 4 is 11.8 Å². The van der Waals surface area contributed by atoms with Gasteiger partial charge in [0.25, 0.3) is 5.91 Å². The van der Waals surface area contributed by atoms with Crippen molar-refractivity contribution in [3.05, 3.63) is 24.3 Å². The Morgan fingerprint density at radius 3 is 2.50 bits per heavy atom. The van der Waals surface area contributed by atoms with Crippen LogP contribution in [-0.4, -0.2) is 49.6 Å². The highest BCUT2D eigenvalue weighted by Crippen LogP contribution is 2.25. The molecule has 0 saturated carbocycles. The maximum atomic E-state index is 12.0. The maximum absolute atomic E-state index is 12.0. The molecule has 1 N–H and O–H groups in total. The molecule has 2 amide bonds. The Hall–Kier alpha value is -2.24. The third-order valence-electron chi connectivity index (χ3n) is 4.10. The molecule has 0 aliphatic carbocycles. The van der Waals surface area contributed by atoms with Crippen LogP contribution in [0.15, 0.2) is 24.3 Å². The molecule has 1 fully saturated rings. The lowest BCUT2D eigenvalue weighted by molar-refractivity contribution is -0.132. The van der Waals surface area contributed by atoms with Crippen LogP contribution in [0.5, 0.6) is 11.5 Å². The van der Waals surface area contributed by atoms with Gasteiger partial charge >= 0.3 is 0 Å². The molecule has 0 radical (unpaired) electrons. The molecule has 0 atom stereocenters. The largest absolute Gasteiger partial charge is 0.493 e. The van der Waals surface area contributed by atoms with E-state index in [-0.39, 0.29) is 24.5 Å². The van der Waals surface area contributed by atoms with Gasteiger partial charge in [0.2, 0.25) is 5.91 Å². The SMILES string of the molecule is CCCC(=O)N1CCC(NC(=O)COc2ccccc2OC)CC1. The number of rotatable bonds is 7. The normalized spacial score (nSPS) is 15.0. The first-order valence-electron chi connectivity index (χ1n) is 8.47. The van der Waals surface area contributed by atoms with E-state index in [4.69, 9.17) is 9.47 Å². The molecule has 24 heavy (non-hydrogen) atoms. The Bertz CT molecular complexity index is 554. The summed E-state index contributed by atoms with van der Waals surface area (Å²) in [5.74, 6) is 1.21. The second-order valence-electron chi connectivity index (χ2n) is 5.91. The van der Waals surface area contributed by atoms with Gasteiger partial charge in [-0.1, -0.05) is 19.1 Å². The van der Waals surface area contributed by atoms with Gasteiger partial charge < -0.3 is 19.7 Å². The predicted octanol–water partition coefficient (Wildman–Crippen LogP) is 1.98. The summed E-state index contributed by atoms with van der Waals surface area (Å²) in [6, 6.07) is 7.34. The monoisotopic (exact) mass is 334 g/mol. The summed E-state index contributed by atoms with van der Waals surface area (Å²) >= 11 is 0. The number of hydrogen-bond donors (Lipinski definition) is 1. The molecule has 132 valence electrons. The van der Waals surface area contributed by atoms with Crippen LogP contribution in [0.3, 0.4) is 0 Å². The summed E-state index contributed by atoms with van der Waals surface area (Å²) in [7, 11) is 1.57. The van der Waals surface area contributed by atoms with Gasteiger partial charge in [0.05, 0.1) is 7.11 Å². The second-order valence-corrected chi connectivity index (χ2v) is 5.91. The van der Waals surface area contributed by atoms with Crippen molar-refractivity contribution in [2.24, 2.45) is 0 Å². The van der Waals surface area contributed by atoms with Crippen LogP contribution in [0.4, 0.5) is 0 Å². The maximum Gasteiger partial charge on any atom is 0.258 e. The van der Waals surface area contributed by atoms with Crippen molar-refractivity contribution < 1.29 is 19.1 Å². The predicted molar refractivity (Wildman–Crippen MR) is 91.1 cm³/mol. The third-order valence-corrected chi connectivity index (χ3v) is 4.10. The number of amides is 2. The van der Waals surface area contributed by atoms with E-state index in [0.29, 0.717) is 31.0 Å². The Balaban J connectivity index is 1.73. The summed E-state index contributed by atoms with van der Waals surface area (Å²) in [6.45, 7) is 3.37. The van der Waals surface area contributed by atoms with Gasteiger partial charge in [0.15, 0.2) is 18.1 Å². The van der Waals surface area contributed by atoms with E-state index >= 15 is 0 Å². The number of piperidine rings is 1. The number of carbonyl (C=O) groups excluding carboxylic acids is 2. The number of carbonyl (C=O) groups is 2. The Labute approximate surface area is 143 Å². The van der Waals surface area contributed by atoms with Crippen molar-refractivity contribution in [1.29, 1.82) is 0 Å². The lowest BCUT2D eigenvalue weighted by Gasteiger charge is -2.32. The average molecular weight is 334 g/mol. The van der Waals surface area contributed by atoms with E-state index < -0.39 is 0 Å². The molecule has 6 nitrogen and oxygen atoms in total. The molecule has 1 aliphatic heterocycles. The molecule has 1 saturated heterocycles. The van der Waals surface area contributed by atoms with E-state index in [1.54, 1.807) is 19.2 Å². The van der Waals surface area contributed by atoms with Crippen LogP contribution >= 0.6 is 0 Å². The average Bonchev–Trinajstić information content (AvgIpc) is 2.61. The summed E-state index contributed by atoms with van der Waals surface area (Å²) in [5, 5.41) is 2.98. The second kappa shape index (κ2) is 9.15. The first-order valence-corrected chi connectivity index (χ1v) is 8.47. The zero-order valence-corrected chi connectivity index (χ0v) is 14.4. The highest BCUT2D eigenvalue weighted by atomic mass is 16.5. The fourth-order valence-electron chi connectivity index (χ4n) is 2.80. The van der Waals surface area contributed by atoms with E-state index in [9.17, 15) is 9.59 Å². The zero-order chi connectivity index (χ0) is 17.4. The number of para-hydroxylation sites is 2. The molecule has 1 aromatic rings. The van der Waals surface area contributed by atoms with Crippen molar-refractivity contribution in [2.75, 3.05) is 26.8 Å². The Kier molecular flexibility index (Phi) is 6.90. The summed E-state index contributed by atoms with van der Waals surface area (Å²) in [5.41, 5.74) is 0. The molecule has 0 bridgehead atoms. The molecule has 0 spiro atoms. The molecule has 0 aromatic heterocycles. The highest BCUT2D eigenvalue weighted by Gasteiger charge is 2.23. The minimum Gasteiger partial charge on any atom is -0.493 e. The molecule has 2 rings (SSSR count). The number of benzene rings is 1. The van der Waals surface area contributed by atoms with Crippen LogP contribution < -0.4 is 14.8 Å². The summed E-state index contributed by atoms with van der Waals surface area (Å²) < 4.78 is 10.7. The first-order chi connectivity index (χ1) is 11.6. The van der Waals surface area contributed by atoms with E-state index in [1.807, 2.05) is 24.0 Å². The zero-order valence-electron chi connectivity index (χ0n) is 14.4. The van der Waals surface area contributed by atoms with Crippen molar-refractivity contribution in [3.8, 4) is 11.5 Å². The van der Waals surface area contributed by atoms with Gasteiger partial charge in [0, 0.05) is 25.6 Å². The van der Waals surface area contributed by atoms with Crippen LogP contribution in [0.1, 0.15) is 32.6 Å². The van der Waals surface area contributed by atoms with Gasteiger partial charge in [-0.05, 0) is 31.4 Å². The van der Waals surface area contributed by atoms with E-state index in [1.165, 1.54) is 0 Å². The number of methoxy groups -OCH3 is 1. The Morgan fingerprint density at radius 2 is 1.88 bits per heavy atom. The van der Waals surface area contributed by atoms with Crippen LogP contribution in [0.25, 0.3) is 0 Å².